The second kappa shape index (κ2) is 9.22. The number of carbonyl (C=O) groups excluding carboxylic acids is 1. The van der Waals surface area contributed by atoms with Gasteiger partial charge in [0.25, 0.3) is 0 Å². The Kier molecular flexibility index (Phi) is 6.69. The van der Waals surface area contributed by atoms with Gasteiger partial charge in [-0.2, -0.15) is 0 Å². The summed E-state index contributed by atoms with van der Waals surface area (Å²) in [6.45, 7) is -0.0602. The molecule has 0 aliphatic heterocycles. The molecular formula is C21H17Cl2FN2O3. The van der Waals surface area contributed by atoms with Crippen molar-refractivity contribution in [3.8, 4) is 17.0 Å². The zero-order valence-electron chi connectivity index (χ0n) is 15.4. The van der Waals surface area contributed by atoms with Gasteiger partial charge in [0.1, 0.15) is 17.5 Å². The van der Waals surface area contributed by atoms with E-state index >= 15 is 0 Å². The molecule has 3 aromatic rings. The van der Waals surface area contributed by atoms with Gasteiger partial charge in [0, 0.05) is 34.3 Å². The highest BCUT2D eigenvalue weighted by Gasteiger charge is 2.27. The first-order valence-electron chi connectivity index (χ1n) is 8.54. The SMILES string of the molecule is COCOc1cc(F)ccc1-c1cccc(C(C(N)=O)c2c(Cl)cccc2Cl)n1. The second-order valence-electron chi connectivity index (χ2n) is 6.11. The van der Waals surface area contributed by atoms with Crippen LogP contribution in [0.4, 0.5) is 4.39 Å². The van der Waals surface area contributed by atoms with Gasteiger partial charge >= 0.3 is 0 Å². The molecule has 5 nitrogen and oxygen atoms in total. The van der Waals surface area contributed by atoms with Crippen molar-refractivity contribution < 1.29 is 18.7 Å². The van der Waals surface area contributed by atoms with Crippen molar-refractivity contribution >= 4 is 29.1 Å². The Bertz CT molecular complexity index is 1030. The first kappa shape index (κ1) is 21.0. The Hall–Kier alpha value is -2.67. The number of amides is 1. The lowest BCUT2D eigenvalue weighted by Crippen LogP contribution is -2.24. The van der Waals surface area contributed by atoms with Crippen LogP contribution < -0.4 is 10.5 Å². The molecule has 150 valence electrons. The Morgan fingerprint density at radius 1 is 1.14 bits per heavy atom. The van der Waals surface area contributed by atoms with Gasteiger partial charge in [-0.1, -0.05) is 35.3 Å². The van der Waals surface area contributed by atoms with Crippen molar-refractivity contribution in [1.82, 2.24) is 4.98 Å². The number of nitrogens with zero attached hydrogens (tertiary/aromatic N) is 1. The van der Waals surface area contributed by atoms with Crippen molar-refractivity contribution in [2.75, 3.05) is 13.9 Å². The number of aromatic nitrogens is 1. The molecule has 1 aromatic heterocycles. The number of pyridine rings is 1. The summed E-state index contributed by atoms with van der Waals surface area (Å²) < 4.78 is 24.0. The highest BCUT2D eigenvalue weighted by atomic mass is 35.5. The lowest BCUT2D eigenvalue weighted by atomic mass is 9.93. The van der Waals surface area contributed by atoms with Crippen molar-refractivity contribution in [3.05, 3.63) is 81.7 Å². The molecule has 2 aromatic carbocycles. The molecule has 0 aliphatic carbocycles. The number of halogens is 3. The minimum absolute atomic E-state index is 0.0602. The van der Waals surface area contributed by atoms with Crippen LogP contribution in [-0.2, 0) is 9.53 Å². The van der Waals surface area contributed by atoms with E-state index in [0.29, 0.717) is 32.6 Å². The van der Waals surface area contributed by atoms with Crippen LogP contribution in [-0.4, -0.2) is 24.8 Å². The van der Waals surface area contributed by atoms with Crippen LogP contribution >= 0.6 is 23.2 Å². The fourth-order valence-corrected chi connectivity index (χ4v) is 3.55. The fraction of sp³-hybridized carbons (Fsp3) is 0.143. The molecule has 1 amide bonds. The summed E-state index contributed by atoms with van der Waals surface area (Å²) in [5.41, 5.74) is 7.37. The van der Waals surface area contributed by atoms with Crippen LogP contribution in [0.1, 0.15) is 17.2 Å². The maximum atomic E-state index is 13.7. The molecule has 29 heavy (non-hydrogen) atoms. The van der Waals surface area contributed by atoms with E-state index in [1.165, 1.54) is 25.3 Å². The minimum atomic E-state index is -0.958. The van der Waals surface area contributed by atoms with Crippen LogP contribution in [0.5, 0.6) is 5.75 Å². The van der Waals surface area contributed by atoms with Gasteiger partial charge < -0.3 is 15.2 Å². The van der Waals surface area contributed by atoms with Gasteiger partial charge in [-0.15, -0.1) is 0 Å². The topological polar surface area (TPSA) is 74.4 Å². The van der Waals surface area contributed by atoms with Crippen molar-refractivity contribution in [3.63, 3.8) is 0 Å². The number of benzene rings is 2. The Labute approximate surface area is 177 Å². The average molecular weight is 435 g/mol. The predicted molar refractivity (Wildman–Crippen MR) is 110 cm³/mol. The van der Waals surface area contributed by atoms with Gasteiger partial charge in [0.15, 0.2) is 6.79 Å². The number of rotatable bonds is 7. The number of hydrogen-bond donors (Lipinski definition) is 1. The summed E-state index contributed by atoms with van der Waals surface area (Å²) in [5.74, 6) is -1.82. The van der Waals surface area contributed by atoms with E-state index in [1.807, 2.05) is 0 Å². The second-order valence-corrected chi connectivity index (χ2v) is 6.92. The molecule has 2 N–H and O–H groups in total. The molecule has 1 heterocycles. The normalized spacial score (nSPS) is 11.9. The van der Waals surface area contributed by atoms with Crippen LogP contribution in [0.2, 0.25) is 10.0 Å². The van der Waals surface area contributed by atoms with E-state index in [4.69, 9.17) is 38.4 Å². The molecule has 0 radical (unpaired) electrons. The summed E-state index contributed by atoms with van der Waals surface area (Å²) in [7, 11) is 1.46. The van der Waals surface area contributed by atoms with Gasteiger partial charge in [0.05, 0.1) is 11.4 Å². The Morgan fingerprint density at radius 2 is 1.83 bits per heavy atom. The standard InChI is InChI=1S/C21H17Cl2FN2O3/c1-28-11-29-18-10-12(24)8-9-13(18)16-6-3-7-17(26-16)20(21(25)27)19-14(22)4-2-5-15(19)23/h2-10,20H,11H2,1H3,(H2,25,27). The lowest BCUT2D eigenvalue weighted by molar-refractivity contribution is -0.118. The van der Waals surface area contributed by atoms with Gasteiger partial charge in [0.2, 0.25) is 5.91 Å². The largest absolute Gasteiger partial charge is 0.467 e. The number of carbonyl (C=O) groups is 1. The molecule has 3 rings (SSSR count). The first-order valence-corrected chi connectivity index (χ1v) is 9.29. The van der Waals surface area contributed by atoms with E-state index in [1.54, 1.807) is 36.4 Å². The van der Waals surface area contributed by atoms with Gasteiger partial charge in [-0.05, 0) is 36.4 Å². The molecule has 0 spiro atoms. The summed E-state index contributed by atoms with van der Waals surface area (Å²) >= 11 is 12.6. The number of nitrogens with two attached hydrogens (primary N) is 1. The van der Waals surface area contributed by atoms with E-state index in [9.17, 15) is 9.18 Å². The number of primary amides is 1. The van der Waals surface area contributed by atoms with Gasteiger partial charge in [-0.25, -0.2) is 4.39 Å². The van der Waals surface area contributed by atoms with E-state index < -0.39 is 17.6 Å². The van der Waals surface area contributed by atoms with E-state index in [0.717, 1.165) is 0 Å². The number of ether oxygens (including phenoxy) is 2. The highest BCUT2D eigenvalue weighted by Crippen LogP contribution is 2.36. The monoisotopic (exact) mass is 434 g/mol. The summed E-state index contributed by atoms with van der Waals surface area (Å²) in [5, 5.41) is 0.610. The van der Waals surface area contributed by atoms with Crippen LogP contribution in [0.25, 0.3) is 11.3 Å². The number of hydrogen-bond acceptors (Lipinski definition) is 4. The van der Waals surface area contributed by atoms with E-state index in [-0.39, 0.29) is 12.5 Å². The van der Waals surface area contributed by atoms with Crippen molar-refractivity contribution in [2.24, 2.45) is 5.73 Å². The third kappa shape index (κ3) is 4.67. The Balaban J connectivity index is 2.11. The van der Waals surface area contributed by atoms with Crippen LogP contribution in [0.3, 0.4) is 0 Å². The number of methoxy groups -OCH3 is 1. The third-order valence-electron chi connectivity index (χ3n) is 4.19. The summed E-state index contributed by atoms with van der Waals surface area (Å²) in [6, 6.07) is 14.1. The molecule has 0 saturated heterocycles. The highest BCUT2D eigenvalue weighted by molar-refractivity contribution is 6.36. The van der Waals surface area contributed by atoms with Crippen LogP contribution in [0.15, 0.2) is 54.6 Å². The maximum absolute atomic E-state index is 13.7. The lowest BCUT2D eigenvalue weighted by Gasteiger charge is -2.18. The molecular weight excluding hydrogens is 418 g/mol. The predicted octanol–water partition coefficient (Wildman–Crippen LogP) is 4.79. The Morgan fingerprint density at radius 3 is 2.48 bits per heavy atom. The maximum Gasteiger partial charge on any atom is 0.231 e. The quantitative estimate of drug-likeness (QED) is 0.542. The van der Waals surface area contributed by atoms with Crippen LogP contribution in [0, 0.1) is 5.82 Å². The molecule has 8 heteroatoms. The zero-order chi connectivity index (χ0) is 21.0. The zero-order valence-corrected chi connectivity index (χ0v) is 16.9. The van der Waals surface area contributed by atoms with Crippen molar-refractivity contribution in [1.29, 1.82) is 0 Å². The smallest absolute Gasteiger partial charge is 0.231 e. The molecule has 0 fully saturated rings. The molecule has 0 bridgehead atoms. The molecule has 0 saturated carbocycles. The molecule has 1 atom stereocenters. The van der Waals surface area contributed by atoms with Gasteiger partial charge in [-0.3, -0.25) is 9.78 Å². The fourth-order valence-electron chi connectivity index (χ4n) is 2.93. The molecule has 0 aliphatic rings. The van der Waals surface area contributed by atoms with Crippen molar-refractivity contribution in [2.45, 2.75) is 5.92 Å². The third-order valence-corrected chi connectivity index (χ3v) is 4.85. The summed E-state index contributed by atoms with van der Waals surface area (Å²) in [4.78, 5) is 16.8. The average Bonchev–Trinajstić information content (AvgIpc) is 2.69. The minimum Gasteiger partial charge on any atom is -0.467 e. The first-order chi connectivity index (χ1) is 13.9. The van der Waals surface area contributed by atoms with E-state index in [2.05, 4.69) is 4.98 Å². The molecule has 1 unspecified atom stereocenters. The summed E-state index contributed by atoms with van der Waals surface area (Å²) in [6.07, 6.45) is 0.